The summed E-state index contributed by atoms with van der Waals surface area (Å²) in [6.07, 6.45) is 5.09. The summed E-state index contributed by atoms with van der Waals surface area (Å²) in [5.41, 5.74) is 7.45. The van der Waals surface area contributed by atoms with E-state index in [-0.39, 0.29) is 11.9 Å². The largest absolute Gasteiger partial charge is 0.348 e. The van der Waals surface area contributed by atoms with Crippen molar-refractivity contribution in [2.24, 2.45) is 7.05 Å². The molecule has 154 valence electrons. The van der Waals surface area contributed by atoms with Gasteiger partial charge in [-0.1, -0.05) is 41.9 Å². The topological polar surface area (TPSA) is 25.2 Å². The van der Waals surface area contributed by atoms with Gasteiger partial charge in [-0.15, -0.1) is 0 Å². The van der Waals surface area contributed by atoms with Gasteiger partial charge in [-0.05, 0) is 68.4 Å². The Morgan fingerprint density at radius 1 is 1.03 bits per heavy atom. The van der Waals surface area contributed by atoms with E-state index in [1.807, 2.05) is 12.1 Å². The number of halogens is 1. The molecule has 0 spiro atoms. The van der Waals surface area contributed by atoms with Crippen LogP contribution in [0, 0.1) is 6.92 Å². The second-order valence-corrected chi connectivity index (χ2v) is 9.00. The van der Waals surface area contributed by atoms with Gasteiger partial charge in [-0.25, -0.2) is 0 Å². The van der Waals surface area contributed by atoms with Gasteiger partial charge in [0.05, 0.1) is 6.04 Å². The van der Waals surface area contributed by atoms with E-state index in [1.54, 1.807) is 0 Å². The minimum atomic E-state index is 0.0613. The highest BCUT2D eigenvalue weighted by Crippen LogP contribution is 2.47. The van der Waals surface area contributed by atoms with Crippen LogP contribution in [0.15, 0.2) is 59.7 Å². The normalized spacial score (nSPS) is 19.1. The second kappa shape index (κ2) is 7.63. The highest BCUT2D eigenvalue weighted by atomic mass is 35.5. The first kappa shape index (κ1) is 19.4. The van der Waals surface area contributed by atoms with Crippen LogP contribution in [0.4, 0.5) is 0 Å². The Balaban J connectivity index is 1.58. The van der Waals surface area contributed by atoms with Crippen LogP contribution in [-0.4, -0.2) is 21.9 Å². The molecule has 1 unspecified atom stereocenters. The predicted octanol–water partition coefficient (Wildman–Crippen LogP) is 6.14. The highest BCUT2D eigenvalue weighted by Gasteiger charge is 2.42. The van der Waals surface area contributed by atoms with Crippen LogP contribution >= 0.6 is 11.6 Å². The summed E-state index contributed by atoms with van der Waals surface area (Å²) < 4.78 is 2.27. The van der Waals surface area contributed by atoms with Gasteiger partial charge < -0.3 is 9.47 Å². The van der Waals surface area contributed by atoms with Gasteiger partial charge in [-0.2, -0.15) is 0 Å². The van der Waals surface area contributed by atoms with Crippen molar-refractivity contribution in [3.05, 3.63) is 81.5 Å². The Morgan fingerprint density at radius 3 is 2.57 bits per heavy atom. The monoisotopic (exact) mass is 418 g/mol. The molecule has 0 bridgehead atoms. The zero-order chi connectivity index (χ0) is 20.8. The fraction of sp³-hybridized carbons (Fsp3) is 0.346. The third kappa shape index (κ3) is 3.07. The molecule has 3 nitrogen and oxygen atoms in total. The molecule has 0 saturated carbocycles. The molecule has 2 aliphatic rings. The van der Waals surface area contributed by atoms with Crippen LogP contribution in [-0.2, 0) is 18.3 Å². The molecule has 0 saturated heterocycles. The summed E-state index contributed by atoms with van der Waals surface area (Å²) in [7, 11) is 2.13. The summed E-state index contributed by atoms with van der Waals surface area (Å²) in [6, 6.07) is 16.6. The Bertz CT molecular complexity index is 1160. The number of benzene rings is 2. The summed E-state index contributed by atoms with van der Waals surface area (Å²) in [5.74, 6) is 0.246. The SMILES string of the molecule is Cc1c(C2C3=C(CCCC3)C(=O)N2CCc2ccc(Cl)cc2)c2ccccc2n1C. The van der Waals surface area contributed by atoms with Crippen molar-refractivity contribution in [3.8, 4) is 0 Å². The lowest BCUT2D eigenvalue weighted by molar-refractivity contribution is -0.127. The maximum absolute atomic E-state index is 13.5. The maximum atomic E-state index is 13.5. The fourth-order valence-electron chi connectivity index (χ4n) is 5.31. The number of fused-ring (bicyclic) bond motifs is 1. The first-order valence-corrected chi connectivity index (χ1v) is 11.3. The van der Waals surface area contributed by atoms with Crippen LogP contribution in [0.5, 0.6) is 0 Å². The van der Waals surface area contributed by atoms with E-state index in [4.69, 9.17) is 11.6 Å². The van der Waals surface area contributed by atoms with E-state index in [2.05, 4.69) is 59.8 Å². The van der Waals surface area contributed by atoms with E-state index >= 15 is 0 Å². The van der Waals surface area contributed by atoms with Crippen molar-refractivity contribution in [1.29, 1.82) is 0 Å². The van der Waals surface area contributed by atoms with Crippen molar-refractivity contribution >= 4 is 28.4 Å². The fourth-order valence-corrected chi connectivity index (χ4v) is 5.44. The van der Waals surface area contributed by atoms with E-state index in [1.165, 1.54) is 39.7 Å². The average Bonchev–Trinajstić information content (AvgIpc) is 3.19. The molecule has 0 N–H and O–H groups in total. The summed E-state index contributed by atoms with van der Waals surface area (Å²) in [5, 5.41) is 2.02. The van der Waals surface area contributed by atoms with Gasteiger partial charge in [0.15, 0.2) is 0 Å². The van der Waals surface area contributed by atoms with Crippen molar-refractivity contribution < 1.29 is 4.79 Å². The minimum absolute atomic E-state index is 0.0613. The number of rotatable bonds is 4. The third-order valence-corrected chi connectivity index (χ3v) is 7.20. The van der Waals surface area contributed by atoms with Crippen molar-refractivity contribution in [2.75, 3.05) is 6.54 Å². The molecule has 0 fully saturated rings. The van der Waals surface area contributed by atoms with Crippen LogP contribution in [0.2, 0.25) is 5.02 Å². The quantitative estimate of drug-likeness (QED) is 0.499. The molecular weight excluding hydrogens is 392 g/mol. The van der Waals surface area contributed by atoms with Gasteiger partial charge >= 0.3 is 0 Å². The smallest absolute Gasteiger partial charge is 0.250 e. The zero-order valence-electron chi connectivity index (χ0n) is 17.6. The molecule has 1 aliphatic carbocycles. The van der Waals surface area contributed by atoms with Gasteiger partial charge in [0.1, 0.15) is 0 Å². The Labute approximate surface area is 182 Å². The van der Waals surface area contributed by atoms with Gasteiger partial charge in [0.2, 0.25) is 0 Å². The number of hydrogen-bond donors (Lipinski definition) is 0. The highest BCUT2D eigenvalue weighted by molar-refractivity contribution is 6.30. The third-order valence-electron chi connectivity index (χ3n) is 6.95. The molecule has 1 amide bonds. The standard InChI is InChI=1S/C26H27ClN2O/c1-17-24(22-9-5-6-10-23(22)28(17)2)25-20-7-3-4-8-21(20)26(30)29(25)16-15-18-11-13-19(27)14-12-18/h5-6,9-14,25H,3-4,7-8,15-16H2,1-2H3. The second-order valence-electron chi connectivity index (χ2n) is 8.56. The van der Waals surface area contributed by atoms with E-state index in [0.717, 1.165) is 42.8 Å². The lowest BCUT2D eigenvalue weighted by atomic mass is 9.86. The summed E-state index contributed by atoms with van der Waals surface area (Å²) >= 11 is 6.05. The van der Waals surface area contributed by atoms with Crippen LogP contribution < -0.4 is 0 Å². The molecule has 5 rings (SSSR count). The molecule has 2 aromatic carbocycles. The number of aromatic nitrogens is 1. The average molecular weight is 419 g/mol. The molecule has 4 heteroatoms. The first-order valence-electron chi connectivity index (χ1n) is 10.9. The number of carbonyl (C=O) groups excluding carboxylic acids is 1. The number of amides is 1. The molecule has 30 heavy (non-hydrogen) atoms. The Hall–Kier alpha value is -2.52. The van der Waals surface area contributed by atoms with Gasteiger partial charge in [-0.3, -0.25) is 4.79 Å². The number of nitrogens with zero attached hydrogens (tertiary/aromatic N) is 2. The van der Waals surface area contributed by atoms with Crippen LogP contribution in [0.1, 0.15) is 48.5 Å². The van der Waals surface area contributed by atoms with Crippen molar-refractivity contribution in [1.82, 2.24) is 9.47 Å². The molecule has 3 aromatic rings. The van der Waals surface area contributed by atoms with Crippen molar-refractivity contribution in [2.45, 2.75) is 45.1 Å². The molecule has 1 atom stereocenters. The van der Waals surface area contributed by atoms with E-state index < -0.39 is 0 Å². The minimum Gasteiger partial charge on any atom is -0.348 e. The lowest BCUT2D eigenvalue weighted by Gasteiger charge is -2.28. The van der Waals surface area contributed by atoms with Crippen LogP contribution in [0.25, 0.3) is 10.9 Å². The molecule has 1 aliphatic heterocycles. The molecule has 2 heterocycles. The zero-order valence-corrected chi connectivity index (χ0v) is 18.4. The Morgan fingerprint density at radius 2 is 1.77 bits per heavy atom. The lowest BCUT2D eigenvalue weighted by Crippen LogP contribution is -2.32. The summed E-state index contributed by atoms with van der Waals surface area (Å²) in [6.45, 7) is 2.92. The van der Waals surface area contributed by atoms with E-state index in [0.29, 0.717) is 0 Å². The number of para-hydroxylation sites is 1. The number of hydrogen-bond acceptors (Lipinski definition) is 1. The van der Waals surface area contributed by atoms with Gasteiger partial charge in [0, 0.05) is 46.3 Å². The molecule has 1 aromatic heterocycles. The number of carbonyl (C=O) groups is 1. The summed E-state index contributed by atoms with van der Waals surface area (Å²) in [4.78, 5) is 15.6. The number of aryl methyl sites for hydroxylation is 1. The van der Waals surface area contributed by atoms with Gasteiger partial charge in [0.25, 0.3) is 5.91 Å². The van der Waals surface area contributed by atoms with E-state index in [9.17, 15) is 4.79 Å². The predicted molar refractivity (Wildman–Crippen MR) is 123 cm³/mol. The molecule has 0 radical (unpaired) electrons. The molecular formula is C26H27ClN2O. The van der Waals surface area contributed by atoms with Crippen molar-refractivity contribution in [3.63, 3.8) is 0 Å². The Kier molecular flexibility index (Phi) is 4.94. The van der Waals surface area contributed by atoms with Crippen LogP contribution in [0.3, 0.4) is 0 Å². The first-order chi connectivity index (χ1) is 14.6. The maximum Gasteiger partial charge on any atom is 0.250 e.